The van der Waals surface area contributed by atoms with Crippen LogP contribution < -0.4 is 0 Å². The average molecular weight is 190 g/mol. The number of nitrogens with zero attached hydrogens (tertiary/aromatic N) is 2. The van der Waals surface area contributed by atoms with Crippen LogP contribution in [0.1, 0.15) is 12.3 Å². The molecule has 0 radical (unpaired) electrons. The Hall–Kier alpha value is -0.160. The number of thiol groups is 1. The molecule has 11 heavy (non-hydrogen) atoms. The van der Waals surface area contributed by atoms with E-state index in [1.54, 1.807) is 18.7 Å². The molecule has 0 atom stereocenters. The minimum atomic E-state index is 0.623. The minimum Gasteiger partial charge on any atom is -0.339 e. The largest absolute Gasteiger partial charge is 0.339 e. The summed E-state index contributed by atoms with van der Waals surface area (Å²) in [5.41, 5.74) is 0. The van der Waals surface area contributed by atoms with Gasteiger partial charge in [-0.05, 0) is 12.2 Å². The highest BCUT2D eigenvalue weighted by molar-refractivity contribution is 7.99. The van der Waals surface area contributed by atoms with Crippen LogP contribution >= 0.6 is 24.4 Å². The summed E-state index contributed by atoms with van der Waals surface area (Å²) in [6.45, 7) is 1.79. The van der Waals surface area contributed by atoms with Gasteiger partial charge in [0, 0.05) is 12.7 Å². The summed E-state index contributed by atoms with van der Waals surface area (Å²) in [6.07, 6.45) is 1.07. The third-order valence-electron chi connectivity index (χ3n) is 1.04. The van der Waals surface area contributed by atoms with Crippen molar-refractivity contribution in [2.75, 3.05) is 11.5 Å². The molecule has 1 heterocycles. The lowest BCUT2D eigenvalue weighted by molar-refractivity contribution is 0.381. The number of rotatable bonds is 4. The van der Waals surface area contributed by atoms with Crippen molar-refractivity contribution in [2.24, 2.45) is 0 Å². The van der Waals surface area contributed by atoms with Crippen LogP contribution in [-0.2, 0) is 0 Å². The Morgan fingerprint density at radius 3 is 3.00 bits per heavy atom. The molecule has 0 saturated heterocycles. The Morgan fingerprint density at radius 2 is 2.45 bits per heavy atom. The summed E-state index contributed by atoms with van der Waals surface area (Å²) in [4.78, 5) is 4.04. The summed E-state index contributed by atoms with van der Waals surface area (Å²) in [6, 6.07) is 0. The van der Waals surface area contributed by atoms with Crippen LogP contribution in [0.3, 0.4) is 0 Å². The summed E-state index contributed by atoms with van der Waals surface area (Å²) < 4.78 is 4.79. The number of thioether (sulfide) groups is 1. The standard InChI is InChI=1S/C6H10N2OS2/c1-5-7-6(8-9-5)11-4-2-3-10/h10H,2-4H2,1H3. The van der Waals surface area contributed by atoms with E-state index in [9.17, 15) is 0 Å². The molecule has 0 amide bonds. The van der Waals surface area contributed by atoms with E-state index in [-0.39, 0.29) is 0 Å². The molecule has 0 aliphatic heterocycles. The fourth-order valence-corrected chi connectivity index (χ4v) is 1.69. The minimum absolute atomic E-state index is 0.623. The lowest BCUT2D eigenvalue weighted by Crippen LogP contribution is -1.82. The molecule has 62 valence electrons. The second-order valence-corrected chi connectivity index (χ2v) is 3.53. The second kappa shape index (κ2) is 4.66. The van der Waals surface area contributed by atoms with Crippen LogP contribution in [0.25, 0.3) is 0 Å². The van der Waals surface area contributed by atoms with Crippen molar-refractivity contribution in [3.8, 4) is 0 Å². The molecular formula is C6H10N2OS2. The normalized spacial score (nSPS) is 10.4. The van der Waals surface area contributed by atoms with E-state index in [0.717, 1.165) is 23.1 Å². The molecule has 5 heteroatoms. The number of aryl methyl sites for hydroxylation is 1. The topological polar surface area (TPSA) is 38.9 Å². The highest BCUT2D eigenvalue weighted by Gasteiger charge is 2.00. The van der Waals surface area contributed by atoms with Crippen molar-refractivity contribution in [1.82, 2.24) is 10.1 Å². The van der Waals surface area contributed by atoms with Crippen LogP contribution in [0.5, 0.6) is 0 Å². The fourth-order valence-electron chi connectivity index (χ4n) is 0.567. The molecule has 0 saturated carbocycles. The van der Waals surface area contributed by atoms with Gasteiger partial charge in [0.1, 0.15) is 0 Å². The van der Waals surface area contributed by atoms with E-state index in [2.05, 4.69) is 22.8 Å². The molecule has 1 aromatic heterocycles. The van der Waals surface area contributed by atoms with E-state index in [1.165, 1.54) is 0 Å². The molecule has 1 aromatic rings. The highest BCUT2D eigenvalue weighted by Crippen LogP contribution is 2.14. The zero-order valence-electron chi connectivity index (χ0n) is 6.28. The van der Waals surface area contributed by atoms with Crippen LogP contribution in [0.4, 0.5) is 0 Å². The second-order valence-electron chi connectivity index (χ2n) is 2.02. The van der Waals surface area contributed by atoms with Crippen LogP contribution in [0.2, 0.25) is 0 Å². The van der Waals surface area contributed by atoms with Crippen molar-refractivity contribution >= 4 is 24.4 Å². The van der Waals surface area contributed by atoms with Crippen molar-refractivity contribution in [2.45, 2.75) is 18.5 Å². The van der Waals surface area contributed by atoms with Gasteiger partial charge in [-0.2, -0.15) is 17.6 Å². The molecule has 1 rings (SSSR count). The third kappa shape index (κ3) is 3.16. The number of aromatic nitrogens is 2. The maximum absolute atomic E-state index is 4.79. The molecule has 0 aliphatic rings. The molecule has 3 nitrogen and oxygen atoms in total. The number of hydrogen-bond acceptors (Lipinski definition) is 5. The SMILES string of the molecule is Cc1nc(SCCCS)no1. The Balaban J connectivity index is 2.27. The predicted octanol–water partition coefficient (Wildman–Crippen LogP) is 1.79. The summed E-state index contributed by atoms with van der Waals surface area (Å²) >= 11 is 5.70. The summed E-state index contributed by atoms with van der Waals surface area (Å²) in [5.74, 6) is 2.53. The van der Waals surface area contributed by atoms with Crippen molar-refractivity contribution < 1.29 is 4.52 Å². The average Bonchev–Trinajstić information content (AvgIpc) is 2.37. The van der Waals surface area contributed by atoms with E-state index < -0.39 is 0 Å². The van der Waals surface area contributed by atoms with Gasteiger partial charge < -0.3 is 4.52 Å². The molecule has 0 N–H and O–H groups in total. The lowest BCUT2D eigenvalue weighted by Gasteiger charge is -1.90. The van der Waals surface area contributed by atoms with Gasteiger partial charge >= 0.3 is 0 Å². The first kappa shape index (κ1) is 8.93. The summed E-state index contributed by atoms with van der Waals surface area (Å²) in [5, 5.41) is 4.47. The Labute approximate surface area is 75.4 Å². The number of hydrogen-bond donors (Lipinski definition) is 1. The molecular weight excluding hydrogens is 180 g/mol. The Kier molecular flexibility index (Phi) is 3.79. The maximum atomic E-state index is 4.79. The van der Waals surface area contributed by atoms with Crippen molar-refractivity contribution in [1.29, 1.82) is 0 Å². The van der Waals surface area contributed by atoms with Gasteiger partial charge in [0.25, 0.3) is 0 Å². The van der Waals surface area contributed by atoms with Crippen LogP contribution in [-0.4, -0.2) is 21.6 Å². The Bertz CT molecular complexity index is 214. The molecule has 0 bridgehead atoms. The Morgan fingerprint density at radius 1 is 1.64 bits per heavy atom. The van der Waals surface area contributed by atoms with Gasteiger partial charge in [-0.3, -0.25) is 0 Å². The van der Waals surface area contributed by atoms with Gasteiger partial charge in [0.15, 0.2) is 0 Å². The predicted molar refractivity (Wildman–Crippen MR) is 48.2 cm³/mol. The van der Waals surface area contributed by atoms with Crippen molar-refractivity contribution in [3.05, 3.63) is 5.89 Å². The summed E-state index contributed by atoms with van der Waals surface area (Å²) in [7, 11) is 0. The first-order chi connectivity index (χ1) is 5.33. The van der Waals surface area contributed by atoms with Gasteiger partial charge in [0.05, 0.1) is 0 Å². The third-order valence-corrected chi connectivity index (χ3v) is 2.28. The van der Waals surface area contributed by atoms with Gasteiger partial charge in [-0.25, -0.2) is 0 Å². The first-order valence-corrected chi connectivity index (χ1v) is 4.98. The van der Waals surface area contributed by atoms with E-state index in [1.807, 2.05) is 0 Å². The molecule has 0 unspecified atom stereocenters. The van der Waals surface area contributed by atoms with E-state index in [4.69, 9.17) is 4.52 Å². The van der Waals surface area contributed by atoms with E-state index >= 15 is 0 Å². The molecule has 0 aromatic carbocycles. The van der Waals surface area contributed by atoms with Gasteiger partial charge in [-0.15, -0.1) is 0 Å². The zero-order chi connectivity index (χ0) is 8.10. The lowest BCUT2D eigenvalue weighted by atomic mass is 10.6. The molecule has 0 fully saturated rings. The van der Waals surface area contributed by atoms with Gasteiger partial charge in [0.2, 0.25) is 11.0 Å². The maximum Gasteiger partial charge on any atom is 0.229 e. The first-order valence-electron chi connectivity index (χ1n) is 3.37. The highest BCUT2D eigenvalue weighted by atomic mass is 32.2. The quantitative estimate of drug-likeness (QED) is 0.446. The monoisotopic (exact) mass is 190 g/mol. The smallest absolute Gasteiger partial charge is 0.229 e. The van der Waals surface area contributed by atoms with Crippen molar-refractivity contribution in [3.63, 3.8) is 0 Å². The van der Waals surface area contributed by atoms with Crippen LogP contribution in [0.15, 0.2) is 9.68 Å². The van der Waals surface area contributed by atoms with Gasteiger partial charge in [-0.1, -0.05) is 16.9 Å². The fraction of sp³-hybridized carbons (Fsp3) is 0.667. The molecule has 0 aliphatic carbocycles. The van der Waals surface area contributed by atoms with E-state index in [0.29, 0.717) is 5.89 Å². The van der Waals surface area contributed by atoms with Crippen LogP contribution in [0, 0.1) is 6.92 Å². The molecule has 0 spiro atoms. The zero-order valence-corrected chi connectivity index (χ0v) is 7.99.